The van der Waals surface area contributed by atoms with E-state index in [1.54, 1.807) is 5.57 Å². The maximum Gasteiger partial charge on any atom is 0.100 e. The maximum atomic E-state index is 10.3. The SMILES string of the molecule is CC(C)/C(=C/COO)CC[C@@H](C)C1CCC2C3CC=C4C[C@@H](O)CC[C@]4(C)C3CC[C@@]21C. The first-order valence-electron chi connectivity index (χ1n) is 13.5. The van der Waals surface area contributed by atoms with Crippen molar-refractivity contribution in [2.75, 3.05) is 6.61 Å². The minimum Gasteiger partial charge on any atom is -0.393 e. The van der Waals surface area contributed by atoms with Gasteiger partial charge in [-0.2, -0.15) is 0 Å². The zero-order valence-corrected chi connectivity index (χ0v) is 21.3. The van der Waals surface area contributed by atoms with Crippen molar-refractivity contribution in [1.29, 1.82) is 0 Å². The Morgan fingerprint density at radius 2 is 1.91 bits per heavy atom. The molecule has 3 nitrogen and oxygen atoms in total. The normalized spacial score (nSPS) is 42.8. The Bertz CT molecular complexity index is 724. The molecule has 0 saturated heterocycles. The topological polar surface area (TPSA) is 49.7 Å². The van der Waals surface area contributed by atoms with E-state index < -0.39 is 0 Å². The lowest BCUT2D eigenvalue weighted by Crippen LogP contribution is -2.50. The quantitative estimate of drug-likeness (QED) is 0.244. The highest BCUT2D eigenvalue weighted by molar-refractivity contribution is 5.25. The molecule has 0 spiro atoms. The highest BCUT2D eigenvalue weighted by Crippen LogP contribution is 2.67. The number of fused-ring (bicyclic) bond motifs is 5. The maximum absolute atomic E-state index is 10.3. The van der Waals surface area contributed by atoms with Gasteiger partial charge >= 0.3 is 0 Å². The minimum absolute atomic E-state index is 0.106. The summed E-state index contributed by atoms with van der Waals surface area (Å²) < 4.78 is 0. The van der Waals surface area contributed by atoms with Crippen molar-refractivity contribution in [2.45, 2.75) is 105 Å². The fourth-order valence-electron chi connectivity index (χ4n) is 8.98. The average Bonchev–Trinajstić information content (AvgIpc) is 3.11. The predicted molar refractivity (Wildman–Crippen MR) is 131 cm³/mol. The molecule has 0 amide bonds. The van der Waals surface area contributed by atoms with Gasteiger partial charge in [-0.15, -0.1) is 0 Å². The summed E-state index contributed by atoms with van der Waals surface area (Å²) in [5, 5.41) is 19.0. The lowest BCUT2D eigenvalue weighted by Gasteiger charge is -2.58. The summed E-state index contributed by atoms with van der Waals surface area (Å²) in [7, 11) is 0. The Morgan fingerprint density at radius 1 is 1.12 bits per heavy atom. The summed E-state index contributed by atoms with van der Waals surface area (Å²) >= 11 is 0. The number of aliphatic hydroxyl groups is 1. The van der Waals surface area contributed by atoms with Gasteiger partial charge < -0.3 is 5.11 Å². The predicted octanol–water partition coefficient (Wildman–Crippen LogP) is 7.41. The van der Waals surface area contributed by atoms with E-state index in [4.69, 9.17) is 5.26 Å². The van der Waals surface area contributed by atoms with E-state index >= 15 is 0 Å². The molecule has 0 aliphatic heterocycles. The molecular formula is C29H48O3. The molecule has 0 aromatic rings. The van der Waals surface area contributed by atoms with E-state index in [1.165, 1.54) is 50.5 Å². The molecule has 3 fully saturated rings. The molecule has 0 radical (unpaired) electrons. The highest BCUT2D eigenvalue weighted by Gasteiger charge is 2.59. The molecule has 3 saturated carbocycles. The third-order valence-corrected chi connectivity index (χ3v) is 10.9. The molecule has 2 N–H and O–H groups in total. The Labute approximate surface area is 196 Å². The number of hydrogen-bond donors (Lipinski definition) is 2. The first-order chi connectivity index (χ1) is 15.2. The van der Waals surface area contributed by atoms with Crippen LogP contribution in [0, 0.1) is 46.3 Å². The van der Waals surface area contributed by atoms with Crippen LogP contribution in [0.3, 0.4) is 0 Å². The fourth-order valence-corrected chi connectivity index (χ4v) is 8.98. The Morgan fingerprint density at radius 3 is 2.62 bits per heavy atom. The standard InChI is InChI=1S/C29H48O3/c1-19(2)21(14-17-32-31)7-6-20(3)25-10-11-26-24-9-8-22-18-23(30)12-15-28(22,4)27(24)13-16-29(25,26)5/h8,14,19-20,23-27,30-31H,6-7,9-13,15-18H2,1-5H3/b21-14+/t20-,23+,24?,25?,26?,27?,28+,29-/m1/s1. The van der Waals surface area contributed by atoms with Crippen molar-refractivity contribution in [3.05, 3.63) is 23.3 Å². The van der Waals surface area contributed by atoms with Crippen molar-refractivity contribution < 1.29 is 15.3 Å². The summed E-state index contributed by atoms with van der Waals surface area (Å²) in [5.74, 6) is 4.64. The van der Waals surface area contributed by atoms with E-state index in [1.807, 2.05) is 0 Å². The number of hydrogen-bond acceptors (Lipinski definition) is 3. The summed E-state index contributed by atoms with van der Waals surface area (Å²) in [5.41, 5.74) is 3.85. The molecule has 8 atom stereocenters. The van der Waals surface area contributed by atoms with E-state index in [-0.39, 0.29) is 6.10 Å². The lowest BCUT2D eigenvalue weighted by atomic mass is 9.47. The monoisotopic (exact) mass is 444 g/mol. The van der Waals surface area contributed by atoms with Crippen LogP contribution in [-0.4, -0.2) is 23.1 Å². The molecule has 4 aliphatic carbocycles. The molecule has 0 heterocycles. The van der Waals surface area contributed by atoms with Gasteiger partial charge in [0.1, 0.15) is 6.61 Å². The van der Waals surface area contributed by atoms with Gasteiger partial charge in [-0.05, 0) is 111 Å². The smallest absolute Gasteiger partial charge is 0.100 e. The van der Waals surface area contributed by atoms with Crippen LogP contribution >= 0.6 is 0 Å². The number of rotatable bonds is 7. The molecule has 0 aromatic heterocycles. The van der Waals surface area contributed by atoms with Gasteiger partial charge in [0.2, 0.25) is 0 Å². The molecule has 4 rings (SSSR count). The van der Waals surface area contributed by atoms with Crippen LogP contribution in [0.1, 0.15) is 98.8 Å². The van der Waals surface area contributed by atoms with Crippen molar-refractivity contribution in [3.63, 3.8) is 0 Å². The molecule has 0 aromatic carbocycles. The molecule has 4 unspecified atom stereocenters. The van der Waals surface area contributed by atoms with Crippen LogP contribution in [0.15, 0.2) is 23.3 Å². The molecule has 0 bridgehead atoms. The van der Waals surface area contributed by atoms with Crippen LogP contribution in [0.5, 0.6) is 0 Å². The van der Waals surface area contributed by atoms with Crippen LogP contribution < -0.4 is 0 Å². The largest absolute Gasteiger partial charge is 0.393 e. The van der Waals surface area contributed by atoms with Gasteiger partial charge in [0.15, 0.2) is 0 Å². The Hall–Kier alpha value is -0.640. The van der Waals surface area contributed by atoms with Crippen LogP contribution in [-0.2, 0) is 4.89 Å². The molecule has 4 aliphatic rings. The number of aliphatic hydroxyl groups excluding tert-OH is 1. The van der Waals surface area contributed by atoms with Gasteiger partial charge in [-0.1, -0.05) is 57.9 Å². The third kappa shape index (κ3) is 4.27. The average molecular weight is 445 g/mol. The molecule has 32 heavy (non-hydrogen) atoms. The molecule has 3 heteroatoms. The van der Waals surface area contributed by atoms with Gasteiger partial charge in [-0.25, -0.2) is 4.89 Å². The van der Waals surface area contributed by atoms with Gasteiger partial charge in [0.25, 0.3) is 0 Å². The van der Waals surface area contributed by atoms with Crippen molar-refractivity contribution in [2.24, 2.45) is 46.3 Å². The highest BCUT2D eigenvalue weighted by atomic mass is 17.1. The van der Waals surface area contributed by atoms with E-state index in [0.717, 1.165) is 48.9 Å². The van der Waals surface area contributed by atoms with Gasteiger partial charge in [-0.3, -0.25) is 5.26 Å². The second-order valence-corrected chi connectivity index (χ2v) is 12.6. The molecule has 182 valence electrons. The van der Waals surface area contributed by atoms with E-state index in [2.05, 4.69) is 51.7 Å². The lowest BCUT2D eigenvalue weighted by molar-refractivity contribution is -0.232. The zero-order valence-electron chi connectivity index (χ0n) is 21.3. The second kappa shape index (κ2) is 9.55. The van der Waals surface area contributed by atoms with Crippen LogP contribution in [0.25, 0.3) is 0 Å². The zero-order chi connectivity index (χ0) is 23.1. The fraction of sp³-hybridized carbons (Fsp3) is 0.862. The Balaban J connectivity index is 1.46. The summed E-state index contributed by atoms with van der Waals surface area (Å²) in [6.45, 7) is 12.5. The molecular weight excluding hydrogens is 396 g/mol. The Kier molecular flexibility index (Phi) is 7.30. The van der Waals surface area contributed by atoms with Crippen molar-refractivity contribution in [3.8, 4) is 0 Å². The first-order valence-corrected chi connectivity index (χ1v) is 13.5. The summed E-state index contributed by atoms with van der Waals surface area (Å²) in [6, 6.07) is 0. The summed E-state index contributed by atoms with van der Waals surface area (Å²) in [4.78, 5) is 4.32. The third-order valence-electron chi connectivity index (χ3n) is 10.9. The van der Waals surface area contributed by atoms with E-state index in [0.29, 0.717) is 23.4 Å². The van der Waals surface area contributed by atoms with Crippen LogP contribution in [0.2, 0.25) is 0 Å². The van der Waals surface area contributed by atoms with Gasteiger partial charge in [0.05, 0.1) is 6.10 Å². The van der Waals surface area contributed by atoms with Crippen LogP contribution in [0.4, 0.5) is 0 Å². The van der Waals surface area contributed by atoms with Crippen molar-refractivity contribution in [1.82, 2.24) is 0 Å². The van der Waals surface area contributed by atoms with Gasteiger partial charge in [0, 0.05) is 0 Å². The number of allylic oxidation sites excluding steroid dienone is 2. The minimum atomic E-state index is -0.106. The second-order valence-electron chi connectivity index (χ2n) is 12.6. The first kappa shape index (κ1) is 24.5. The summed E-state index contributed by atoms with van der Waals surface area (Å²) in [6.07, 6.45) is 16.9. The van der Waals surface area contributed by atoms with E-state index in [9.17, 15) is 5.11 Å². The van der Waals surface area contributed by atoms with Crippen molar-refractivity contribution >= 4 is 0 Å².